The maximum atomic E-state index is 8.75. The second-order valence-corrected chi connectivity index (χ2v) is 3.38. The first-order chi connectivity index (χ1) is 7.24. The average Bonchev–Trinajstić information content (AvgIpc) is 2.70. The summed E-state index contributed by atoms with van der Waals surface area (Å²) < 4.78 is 1.63. The summed E-state index contributed by atoms with van der Waals surface area (Å²) in [7, 11) is 0. The highest BCUT2D eigenvalue weighted by molar-refractivity contribution is 5.29. The maximum absolute atomic E-state index is 8.75. The zero-order valence-electron chi connectivity index (χ0n) is 8.68. The van der Waals surface area contributed by atoms with Gasteiger partial charge in [0.15, 0.2) is 5.82 Å². The van der Waals surface area contributed by atoms with Crippen molar-refractivity contribution in [3.63, 3.8) is 0 Å². The Hall–Kier alpha value is -1.96. The van der Waals surface area contributed by atoms with Crippen molar-refractivity contribution < 1.29 is 0 Å². The van der Waals surface area contributed by atoms with Gasteiger partial charge in [0.2, 0.25) is 0 Å². The fourth-order valence-corrected chi connectivity index (χ4v) is 1.26. The summed E-state index contributed by atoms with van der Waals surface area (Å²) in [5, 5.41) is 13.0. The lowest BCUT2D eigenvalue weighted by Gasteiger charge is -1.94. The molecule has 1 atom stereocenters. The Morgan fingerprint density at radius 1 is 1.60 bits per heavy atom. The smallest absolute Gasteiger partial charge is 0.219 e. The van der Waals surface area contributed by atoms with Crippen molar-refractivity contribution in [3.8, 4) is 6.07 Å². The number of rotatable bonds is 2. The van der Waals surface area contributed by atoms with Gasteiger partial charge in [-0.05, 0) is 18.9 Å². The van der Waals surface area contributed by atoms with Crippen LogP contribution in [0.1, 0.15) is 31.2 Å². The molecule has 2 heterocycles. The largest absolute Gasteiger partial charge is 0.252 e. The van der Waals surface area contributed by atoms with Crippen LogP contribution >= 0.6 is 0 Å². The van der Waals surface area contributed by atoms with Crippen LogP contribution in [0.3, 0.4) is 0 Å². The summed E-state index contributed by atoms with van der Waals surface area (Å²) in [6, 6.07) is 2.10. The molecule has 2 aromatic rings. The van der Waals surface area contributed by atoms with Crippen molar-refractivity contribution >= 4 is 5.78 Å². The normalized spacial score (nSPS) is 12.6. The van der Waals surface area contributed by atoms with Gasteiger partial charge >= 0.3 is 0 Å². The monoisotopic (exact) mass is 201 g/mol. The number of nitrogens with zero attached hydrogens (tertiary/aromatic N) is 5. The van der Waals surface area contributed by atoms with Gasteiger partial charge in [0.1, 0.15) is 5.92 Å². The second-order valence-electron chi connectivity index (χ2n) is 3.38. The quantitative estimate of drug-likeness (QED) is 0.734. The Labute approximate surface area is 87.4 Å². The van der Waals surface area contributed by atoms with E-state index in [0.29, 0.717) is 11.6 Å². The van der Waals surface area contributed by atoms with Crippen LogP contribution in [0.4, 0.5) is 0 Å². The number of hydrogen-bond donors (Lipinski definition) is 0. The Bertz CT molecular complexity index is 522. The minimum Gasteiger partial charge on any atom is -0.219 e. The lowest BCUT2D eigenvalue weighted by molar-refractivity contribution is 0.823. The van der Waals surface area contributed by atoms with Gasteiger partial charge in [0.05, 0.1) is 6.07 Å². The minimum atomic E-state index is -0.295. The zero-order valence-corrected chi connectivity index (χ0v) is 8.68. The molecule has 5 nitrogen and oxygen atoms in total. The third-order valence-electron chi connectivity index (χ3n) is 2.25. The summed E-state index contributed by atoms with van der Waals surface area (Å²) in [5.74, 6) is 0.777. The Kier molecular flexibility index (Phi) is 2.34. The Morgan fingerprint density at radius 3 is 3.07 bits per heavy atom. The Balaban J connectivity index is 2.52. The van der Waals surface area contributed by atoms with Crippen molar-refractivity contribution in [1.82, 2.24) is 19.6 Å². The second kappa shape index (κ2) is 3.65. The van der Waals surface area contributed by atoms with Gasteiger partial charge in [-0.25, -0.2) is 9.50 Å². The molecule has 5 heteroatoms. The fraction of sp³-hybridized carbons (Fsp3) is 0.400. The molecule has 0 radical (unpaired) electrons. The first-order valence-electron chi connectivity index (χ1n) is 4.85. The molecular weight excluding hydrogens is 190 g/mol. The van der Waals surface area contributed by atoms with Crippen LogP contribution in [0.15, 0.2) is 12.4 Å². The lowest BCUT2D eigenvalue weighted by Crippen LogP contribution is -1.95. The molecule has 0 bridgehead atoms. The number of nitriles is 1. The predicted octanol–water partition coefficient (Wildman–Crippen LogP) is 1.31. The van der Waals surface area contributed by atoms with Crippen molar-refractivity contribution in [2.45, 2.75) is 26.2 Å². The zero-order chi connectivity index (χ0) is 10.8. The first-order valence-corrected chi connectivity index (χ1v) is 4.85. The molecule has 0 amide bonds. The van der Waals surface area contributed by atoms with E-state index in [1.165, 1.54) is 0 Å². The fourth-order valence-electron chi connectivity index (χ4n) is 1.26. The molecule has 0 saturated carbocycles. The molecule has 0 fully saturated rings. The van der Waals surface area contributed by atoms with E-state index in [4.69, 9.17) is 5.26 Å². The third-order valence-corrected chi connectivity index (χ3v) is 2.25. The average molecular weight is 201 g/mol. The van der Waals surface area contributed by atoms with Crippen molar-refractivity contribution in [3.05, 3.63) is 23.8 Å². The van der Waals surface area contributed by atoms with E-state index in [2.05, 4.69) is 28.1 Å². The molecule has 1 unspecified atom stereocenters. The number of hydrogen-bond acceptors (Lipinski definition) is 4. The molecule has 76 valence electrons. The van der Waals surface area contributed by atoms with E-state index in [1.54, 1.807) is 17.6 Å². The SMILES string of the molecule is CCc1cnc2nc(C(C)C#N)nn2c1. The van der Waals surface area contributed by atoms with Crippen LogP contribution in [0.2, 0.25) is 0 Å². The summed E-state index contributed by atoms with van der Waals surface area (Å²) in [6.45, 7) is 3.83. The van der Waals surface area contributed by atoms with E-state index >= 15 is 0 Å². The molecule has 0 aliphatic heterocycles. The van der Waals surface area contributed by atoms with E-state index < -0.39 is 0 Å². The van der Waals surface area contributed by atoms with Crippen LogP contribution in [0.25, 0.3) is 5.78 Å². The molecule has 15 heavy (non-hydrogen) atoms. The lowest BCUT2D eigenvalue weighted by atomic mass is 10.2. The third kappa shape index (κ3) is 1.66. The summed E-state index contributed by atoms with van der Waals surface area (Å²) in [5.41, 5.74) is 1.10. The standard InChI is InChI=1S/C10H11N5/c1-3-8-5-12-10-13-9(7(2)4-11)14-15(10)6-8/h5-7H,3H2,1-2H3. The Morgan fingerprint density at radius 2 is 2.40 bits per heavy atom. The number of aromatic nitrogens is 4. The summed E-state index contributed by atoms with van der Waals surface area (Å²) in [4.78, 5) is 8.35. The highest BCUT2D eigenvalue weighted by Gasteiger charge is 2.11. The van der Waals surface area contributed by atoms with E-state index in [-0.39, 0.29) is 5.92 Å². The summed E-state index contributed by atoms with van der Waals surface area (Å²) in [6.07, 6.45) is 4.58. The molecule has 0 aliphatic rings. The number of fused-ring (bicyclic) bond motifs is 1. The van der Waals surface area contributed by atoms with Gasteiger partial charge in [-0.2, -0.15) is 10.2 Å². The van der Waals surface area contributed by atoms with Crippen LogP contribution in [-0.2, 0) is 6.42 Å². The highest BCUT2D eigenvalue weighted by Crippen LogP contribution is 2.10. The van der Waals surface area contributed by atoms with Crippen LogP contribution in [0, 0.1) is 11.3 Å². The van der Waals surface area contributed by atoms with Crippen LogP contribution < -0.4 is 0 Å². The van der Waals surface area contributed by atoms with Crippen molar-refractivity contribution in [2.75, 3.05) is 0 Å². The van der Waals surface area contributed by atoms with E-state index in [9.17, 15) is 0 Å². The first kappa shape index (κ1) is 9.59. The minimum absolute atomic E-state index is 0.295. The molecule has 0 saturated heterocycles. The number of aryl methyl sites for hydroxylation is 1. The maximum Gasteiger partial charge on any atom is 0.252 e. The predicted molar refractivity (Wildman–Crippen MR) is 54.2 cm³/mol. The van der Waals surface area contributed by atoms with E-state index in [1.807, 2.05) is 6.20 Å². The molecule has 0 aliphatic carbocycles. The van der Waals surface area contributed by atoms with Gasteiger partial charge in [0, 0.05) is 12.4 Å². The van der Waals surface area contributed by atoms with Gasteiger partial charge in [-0.3, -0.25) is 0 Å². The molecular formula is C10H11N5. The van der Waals surface area contributed by atoms with Crippen LogP contribution in [0.5, 0.6) is 0 Å². The highest BCUT2D eigenvalue weighted by atomic mass is 15.3. The van der Waals surface area contributed by atoms with Crippen molar-refractivity contribution in [2.24, 2.45) is 0 Å². The van der Waals surface area contributed by atoms with Crippen molar-refractivity contribution in [1.29, 1.82) is 5.26 Å². The van der Waals surface area contributed by atoms with Gasteiger partial charge < -0.3 is 0 Å². The summed E-state index contributed by atoms with van der Waals surface area (Å²) >= 11 is 0. The molecule has 0 aromatic carbocycles. The topological polar surface area (TPSA) is 66.9 Å². The molecule has 2 rings (SSSR count). The van der Waals surface area contributed by atoms with Gasteiger partial charge in [0.25, 0.3) is 5.78 Å². The van der Waals surface area contributed by atoms with Gasteiger partial charge in [-0.15, -0.1) is 5.10 Å². The van der Waals surface area contributed by atoms with Gasteiger partial charge in [-0.1, -0.05) is 6.92 Å². The van der Waals surface area contributed by atoms with E-state index in [0.717, 1.165) is 12.0 Å². The molecule has 0 spiro atoms. The van der Waals surface area contributed by atoms with Crippen LogP contribution in [-0.4, -0.2) is 19.6 Å². The molecule has 2 aromatic heterocycles. The molecule has 0 N–H and O–H groups in total.